The topological polar surface area (TPSA) is 86.8 Å². The maximum absolute atomic E-state index is 13.8. The molecule has 2 amide bonds. The lowest BCUT2D eigenvalue weighted by molar-refractivity contribution is -0.139. The zero-order valence-corrected chi connectivity index (χ0v) is 22.8. The van der Waals surface area contributed by atoms with Crippen molar-refractivity contribution in [3.05, 3.63) is 95.0 Å². The summed E-state index contributed by atoms with van der Waals surface area (Å²) in [6.07, 6.45) is 0.752. The van der Waals surface area contributed by atoms with Crippen LogP contribution in [-0.4, -0.2) is 44.3 Å². The largest absolute Gasteiger partial charge is 0.354 e. The van der Waals surface area contributed by atoms with Gasteiger partial charge in [-0.25, -0.2) is 8.42 Å². The normalized spacial score (nSPS) is 12.0. The summed E-state index contributed by atoms with van der Waals surface area (Å²) in [7, 11) is -4.11. The Bertz CT molecular complexity index is 1330. The number of aryl methyl sites for hydroxylation is 1. The Kier molecular flexibility index (Phi) is 9.72. The number of nitrogens with zero attached hydrogens (tertiary/aromatic N) is 2. The van der Waals surface area contributed by atoms with Crippen LogP contribution in [0.4, 0.5) is 5.69 Å². The van der Waals surface area contributed by atoms with Crippen molar-refractivity contribution < 1.29 is 18.0 Å². The quantitative estimate of drug-likeness (QED) is 0.378. The molecule has 0 spiro atoms. The Morgan fingerprint density at radius 3 is 2.32 bits per heavy atom. The molecule has 3 aromatic rings. The van der Waals surface area contributed by atoms with E-state index in [0.717, 1.165) is 21.9 Å². The van der Waals surface area contributed by atoms with E-state index in [1.54, 1.807) is 43.3 Å². The molecule has 1 atom stereocenters. The van der Waals surface area contributed by atoms with Crippen molar-refractivity contribution in [1.82, 2.24) is 10.2 Å². The number of carbonyl (C=O) groups excluding carboxylic acids is 2. The Labute approximate surface area is 224 Å². The van der Waals surface area contributed by atoms with Crippen molar-refractivity contribution in [2.24, 2.45) is 0 Å². The number of sulfonamides is 1. The Morgan fingerprint density at radius 1 is 0.973 bits per heavy atom. The maximum atomic E-state index is 13.8. The summed E-state index contributed by atoms with van der Waals surface area (Å²) < 4.78 is 28.4. The molecule has 0 bridgehead atoms. The molecule has 1 N–H and O–H groups in total. The van der Waals surface area contributed by atoms with Gasteiger partial charge in [0.2, 0.25) is 11.8 Å². The number of halogens is 1. The first-order valence-electron chi connectivity index (χ1n) is 12.1. The van der Waals surface area contributed by atoms with E-state index in [9.17, 15) is 18.0 Å². The molecule has 0 aliphatic heterocycles. The molecular formula is C28H32ClN3O4S. The predicted molar refractivity (Wildman–Crippen MR) is 147 cm³/mol. The van der Waals surface area contributed by atoms with Crippen LogP contribution in [0.5, 0.6) is 0 Å². The maximum Gasteiger partial charge on any atom is 0.264 e. The van der Waals surface area contributed by atoms with Gasteiger partial charge in [-0.1, -0.05) is 72.6 Å². The number of amides is 2. The molecule has 0 fully saturated rings. The number of anilines is 1. The molecule has 3 rings (SSSR count). The number of hydrogen-bond donors (Lipinski definition) is 1. The van der Waals surface area contributed by atoms with Crippen LogP contribution in [0.25, 0.3) is 0 Å². The molecule has 37 heavy (non-hydrogen) atoms. The average molecular weight is 542 g/mol. The van der Waals surface area contributed by atoms with Gasteiger partial charge < -0.3 is 10.2 Å². The third-order valence-electron chi connectivity index (χ3n) is 5.86. The van der Waals surface area contributed by atoms with Gasteiger partial charge in [-0.05, 0) is 56.2 Å². The van der Waals surface area contributed by atoms with Crippen molar-refractivity contribution >= 4 is 39.1 Å². The average Bonchev–Trinajstić information content (AvgIpc) is 2.88. The fourth-order valence-corrected chi connectivity index (χ4v) is 5.48. The van der Waals surface area contributed by atoms with Gasteiger partial charge in [-0.15, -0.1) is 0 Å². The number of nitrogens with one attached hydrogen (secondary N) is 1. The highest BCUT2D eigenvalue weighted by molar-refractivity contribution is 7.92. The Balaban J connectivity index is 2.01. The van der Waals surface area contributed by atoms with Crippen molar-refractivity contribution in [2.45, 2.75) is 44.7 Å². The first kappa shape index (κ1) is 28.2. The highest BCUT2D eigenvalue weighted by Crippen LogP contribution is 2.26. The van der Waals surface area contributed by atoms with E-state index in [2.05, 4.69) is 5.32 Å². The van der Waals surface area contributed by atoms with E-state index in [0.29, 0.717) is 11.6 Å². The summed E-state index contributed by atoms with van der Waals surface area (Å²) in [6, 6.07) is 21.1. The zero-order valence-electron chi connectivity index (χ0n) is 21.2. The molecule has 0 saturated carbocycles. The molecule has 0 unspecified atom stereocenters. The molecule has 0 saturated heterocycles. The van der Waals surface area contributed by atoms with Gasteiger partial charge in [0.05, 0.1) is 10.6 Å². The minimum atomic E-state index is -4.11. The molecule has 0 aromatic heterocycles. The highest BCUT2D eigenvalue weighted by Gasteiger charge is 2.32. The number of hydrogen-bond acceptors (Lipinski definition) is 4. The van der Waals surface area contributed by atoms with Crippen LogP contribution in [0.1, 0.15) is 31.4 Å². The van der Waals surface area contributed by atoms with Crippen molar-refractivity contribution in [2.75, 3.05) is 17.4 Å². The van der Waals surface area contributed by atoms with Crippen LogP contribution in [0.15, 0.2) is 83.8 Å². The van der Waals surface area contributed by atoms with E-state index >= 15 is 0 Å². The van der Waals surface area contributed by atoms with Gasteiger partial charge in [0, 0.05) is 18.1 Å². The van der Waals surface area contributed by atoms with E-state index in [1.807, 2.05) is 38.1 Å². The lowest BCUT2D eigenvalue weighted by Gasteiger charge is -2.32. The predicted octanol–water partition coefficient (Wildman–Crippen LogP) is 4.79. The first-order chi connectivity index (χ1) is 17.6. The van der Waals surface area contributed by atoms with Crippen LogP contribution < -0.4 is 9.62 Å². The summed E-state index contributed by atoms with van der Waals surface area (Å²) in [5, 5.41) is 3.17. The number of benzene rings is 3. The molecule has 0 aliphatic rings. The van der Waals surface area contributed by atoms with Crippen molar-refractivity contribution in [3.63, 3.8) is 0 Å². The second-order valence-corrected chi connectivity index (χ2v) is 11.1. The molecule has 7 nitrogen and oxygen atoms in total. The van der Waals surface area contributed by atoms with Gasteiger partial charge in [0.15, 0.2) is 0 Å². The molecule has 9 heteroatoms. The summed E-state index contributed by atoms with van der Waals surface area (Å²) in [5.41, 5.74) is 2.10. The molecule has 0 aliphatic carbocycles. The fraction of sp³-hybridized carbons (Fsp3) is 0.286. The number of carbonyl (C=O) groups is 2. The third-order valence-corrected chi connectivity index (χ3v) is 7.88. The van der Waals surface area contributed by atoms with E-state index in [4.69, 9.17) is 11.6 Å². The van der Waals surface area contributed by atoms with Gasteiger partial charge in [0.25, 0.3) is 10.0 Å². The van der Waals surface area contributed by atoms with Crippen LogP contribution in [0, 0.1) is 6.92 Å². The van der Waals surface area contributed by atoms with Gasteiger partial charge in [0.1, 0.15) is 12.6 Å². The van der Waals surface area contributed by atoms with Crippen molar-refractivity contribution in [1.29, 1.82) is 0 Å². The monoisotopic (exact) mass is 541 g/mol. The summed E-state index contributed by atoms with van der Waals surface area (Å²) in [5.74, 6) is -0.816. The Hall–Kier alpha value is -3.36. The minimum absolute atomic E-state index is 0.0433. The van der Waals surface area contributed by atoms with Crippen LogP contribution in [0.3, 0.4) is 0 Å². The van der Waals surface area contributed by atoms with Crippen LogP contribution >= 0.6 is 11.6 Å². The molecule has 196 valence electrons. The van der Waals surface area contributed by atoms with E-state index in [-0.39, 0.29) is 23.0 Å². The second-order valence-electron chi connectivity index (χ2n) is 8.78. The summed E-state index contributed by atoms with van der Waals surface area (Å²) >= 11 is 6.18. The molecule has 0 radical (unpaired) electrons. The second kappa shape index (κ2) is 12.7. The minimum Gasteiger partial charge on any atom is -0.354 e. The number of rotatable bonds is 11. The van der Waals surface area contributed by atoms with Crippen LogP contribution in [-0.2, 0) is 26.2 Å². The molecular weight excluding hydrogens is 510 g/mol. The van der Waals surface area contributed by atoms with E-state index < -0.39 is 28.5 Å². The van der Waals surface area contributed by atoms with Gasteiger partial charge in [-0.2, -0.15) is 0 Å². The van der Waals surface area contributed by atoms with Crippen molar-refractivity contribution in [3.8, 4) is 0 Å². The molecule has 0 heterocycles. The Morgan fingerprint density at radius 2 is 1.68 bits per heavy atom. The van der Waals surface area contributed by atoms with Gasteiger partial charge in [-0.3, -0.25) is 13.9 Å². The molecule has 3 aromatic carbocycles. The zero-order chi connectivity index (χ0) is 27.0. The summed E-state index contributed by atoms with van der Waals surface area (Å²) in [6.45, 7) is 5.66. The lowest BCUT2D eigenvalue weighted by Crippen LogP contribution is -2.51. The highest BCUT2D eigenvalue weighted by atomic mass is 35.5. The van der Waals surface area contributed by atoms with Gasteiger partial charge >= 0.3 is 0 Å². The van der Waals surface area contributed by atoms with Crippen LogP contribution in [0.2, 0.25) is 5.02 Å². The standard InChI is InChI=1S/C28H32ClN3O4S/c1-4-16-30-28(34)22(3)31(19-23-11-8-10-21(2)17-23)27(33)20-32(25-13-9-12-24(29)18-25)37(35,36)26-14-6-5-7-15-26/h5-15,17-18,22H,4,16,19-20H2,1-3H3,(H,30,34)/t22-/m1/s1. The first-order valence-corrected chi connectivity index (χ1v) is 13.9. The third kappa shape index (κ3) is 7.33. The van der Waals surface area contributed by atoms with E-state index in [1.165, 1.54) is 23.1 Å². The SMILES string of the molecule is CCCNC(=O)[C@@H](C)N(Cc1cccc(C)c1)C(=O)CN(c1cccc(Cl)c1)S(=O)(=O)c1ccccc1. The fourth-order valence-electron chi connectivity index (χ4n) is 3.87. The lowest BCUT2D eigenvalue weighted by atomic mass is 10.1. The summed E-state index contributed by atoms with van der Waals surface area (Å²) in [4.78, 5) is 28.1. The smallest absolute Gasteiger partial charge is 0.264 e.